The van der Waals surface area contributed by atoms with E-state index < -0.39 is 6.10 Å². The molecule has 5 nitrogen and oxygen atoms in total. The van der Waals surface area contributed by atoms with Crippen LogP contribution in [0.25, 0.3) is 11.0 Å². The van der Waals surface area contributed by atoms with Gasteiger partial charge in [0.25, 0.3) is 0 Å². The number of likely N-dealkylation sites (N-methyl/N-ethyl adjacent to an activating group) is 1. The van der Waals surface area contributed by atoms with Gasteiger partial charge in [0, 0.05) is 49.2 Å². The standard InChI is InChI=1S/C18H20N4O/c1-21-10-6-16-15(11-21)14-3-2-7-20-18(14)22(16)12-17(23)13-4-8-19-9-5-13/h2-5,7-9,17,23H,6,10-12H2,1H3. The highest BCUT2D eigenvalue weighted by molar-refractivity contribution is 5.82. The molecule has 0 saturated carbocycles. The van der Waals surface area contributed by atoms with Crippen LogP contribution in [-0.4, -0.2) is 38.1 Å². The Morgan fingerprint density at radius 1 is 1.22 bits per heavy atom. The van der Waals surface area contributed by atoms with E-state index in [9.17, 15) is 5.11 Å². The second kappa shape index (κ2) is 5.76. The second-order valence-electron chi connectivity index (χ2n) is 6.19. The largest absolute Gasteiger partial charge is 0.387 e. The summed E-state index contributed by atoms with van der Waals surface area (Å²) in [5.74, 6) is 0. The molecular weight excluding hydrogens is 288 g/mol. The first kappa shape index (κ1) is 14.4. The van der Waals surface area contributed by atoms with Gasteiger partial charge in [0.05, 0.1) is 12.6 Å². The summed E-state index contributed by atoms with van der Waals surface area (Å²) < 4.78 is 2.20. The van der Waals surface area contributed by atoms with Crippen LogP contribution in [0.2, 0.25) is 0 Å². The molecule has 4 rings (SSSR count). The first-order valence-corrected chi connectivity index (χ1v) is 7.95. The molecular formula is C18H20N4O. The van der Waals surface area contributed by atoms with Crippen molar-refractivity contribution in [2.75, 3.05) is 13.6 Å². The lowest BCUT2D eigenvalue weighted by atomic mass is 10.1. The molecule has 1 atom stereocenters. The molecule has 0 spiro atoms. The number of nitrogens with zero attached hydrogens (tertiary/aromatic N) is 4. The van der Waals surface area contributed by atoms with Crippen molar-refractivity contribution < 1.29 is 5.11 Å². The summed E-state index contributed by atoms with van der Waals surface area (Å²) in [7, 11) is 2.15. The van der Waals surface area contributed by atoms with Gasteiger partial charge in [-0.2, -0.15) is 0 Å². The van der Waals surface area contributed by atoms with E-state index in [4.69, 9.17) is 0 Å². The summed E-state index contributed by atoms with van der Waals surface area (Å²) in [4.78, 5) is 10.9. The van der Waals surface area contributed by atoms with E-state index in [-0.39, 0.29) is 0 Å². The first-order chi connectivity index (χ1) is 11.2. The van der Waals surface area contributed by atoms with Crippen LogP contribution in [0, 0.1) is 0 Å². The Morgan fingerprint density at radius 3 is 2.87 bits per heavy atom. The highest BCUT2D eigenvalue weighted by Crippen LogP contribution is 2.30. The van der Waals surface area contributed by atoms with Crippen LogP contribution in [0.15, 0.2) is 42.9 Å². The van der Waals surface area contributed by atoms with Crippen LogP contribution in [0.4, 0.5) is 0 Å². The third-order valence-electron chi connectivity index (χ3n) is 4.65. The molecule has 0 aliphatic carbocycles. The highest BCUT2D eigenvalue weighted by atomic mass is 16.3. The topological polar surface area (TPSA) is 54.2 Å². The highest BCUT2D eigenvalue weighted by Gasteiger charge is 2.24. The molecule has 0 fully saturated rings. The van der Waals surface area contributed by atoms with Gasteiger partial charge in [-0.3, -0.25) is 4.98 Å². The Bertz CT molecular complexity index is 828. The summed E-state index contributed by atoms with van der Waals surface area (Å²) in [6.07, 6.45) is 5.70. The molecule has 0 aromatic carbocycles. The van der Waals surface area contributed by atoms with Gasteiger partial charge >= 0.3 is 0 Å². The monoisotopic (exact) mass is 308 g/mol. The Labute approximate surface area is 135 Å². The summed E-state index contributed by atoms with van der Waals surface area (Å²) in [5, 5.41) is 11.8. The molecule has 1 aliphatic heterocycles. The Kier molecular flexibility index (Phi) is 3.59. The summed E-state index contributed by atoms with van der Waals surface area (Å²) in [6, 6.07) is 7.85. The van der Waals surface area contributed by atoms with Crippen molar-refractivity contribution in [3.8, 4) is 0 Å². The van der Waals surface area contributed by atoms with E-state index in [1.807, 2.05) is 24.4 Å². The van der Waals surface area contributed by atoms with Crippen molar-refractivity contribution >= 4 is 11.0 Å². The van der Waals surface area contributed by atoms with Crippen LogP contribution in [-0.2, 0) is 19.5 Å². The van der Waals surface area contributed by atoms with Crippen molar-refractivity contribution in [1.82, 2.24) is 19.4 Å². The lowest BCUT2D eigenvalue weighted by Gasteiger charge is -2.24. The van der Waals surface area contributed by atoms with Gasteiger partial charge in [0.1, 0.15) is 5.65 Å². The average Bonchev–Trinajstić information content (AvgIpc) is 2.89. The van der Waals surface area contributed by atoms with Gasteiger partial charge in [-0.1, -0.05) is 0 Å². The molecule has 0 saturated heterocycles. The van der Waals surface area contributed by atoms with Crippen molar-refractivity contribution in [3.05, 3.63) is 59.7 Å². The molecule has 5 heteroatoms. The van der Waals surface area contributed by atoms with Gasteiger partial charge in [-0.05, 0) is 42.4 Å². The Hall–Kier alpha value is -2.24. The minimum atomic E-state index is -0.556. The maximum absolute atomic E-state index is 10.6. The zero-order valence-electron chi connectivity index (χ0n) is 13.2. The van der Waals surface area contributed by atoms with Crippen molar-refractivity contribution in [2.45, 2.75) is 25.6 Å². The van der Waals surface area contributed by atoms with E-state index >= 15 is 0 Å². The number of fused-ring (bicyclic) bond motifs is 3. The molecule has 23 heavy (non-hydrogen) atoms. The molecule has 1 aliphatic rings. The van der Waals surface area contributed by atoms with Gasteiger partial charge < -0.3 is 14.6 Å². The van der Waals surface area contributed by atoms with E-state index in [2.05, 4.69) is 32.5 Å². The first-order valence-electron chi connectivity index (χ1n) is 7.95. The van der Waals surface area contributed by atoms with Crippen LogP contribution < -0.4 is 0 Å². The lowest BCUT2D eigenvalue weighted by Crippen LogP contribution is -2.27. The molecule has 3 aromatic heterocycles. The van der Waals surface area contributed by atoms with E-state index in [0.29, 0.717) is 6.54 Å². The van der Waals surface area contributed by atoms with Gasteiger partial charge in [-0.25, -0.2) is 4.98 Å². The smallest absolute Gasteiger partial charge is 0.140 e. The zero-order chi connectivity index (χ0) is 15.8. The fourth-order valence-corrected chi connectivity index (χ4v) is 3.46. The quantitative estimate of drug-likeness (QED) is 0.805. The van der Waals surface area contributed by atoms with Crippen LogP contribution >= 0.6 is 0 Å². The zero-order valence-corrected chi connectivity index (χ0v) is 13.2. The number of hydrogen-bond donors (Lipinski definition) is 1. The third kappa shape index (κ3) is 2.52. The van der Waals surface area contributed by atoms with E-state index in [0.717, 1.165) is 30.7 Å². The lowest BCUT2D eigenvalue weighted by molar-refractivity contribution is 0.156. The van der Waals surface area contributed by atoms with Gasteiger partial charge in [-0.15, -0.1) is 0 Å². The molecule has 118 valence electrons. The van der Waals surface area contributed by atoms with Crippen LogP contribution in [0.5, 0.6) is 0 Å². The second-order valence-corrected chi connectivity index (χ2v) is 6.19. The minimum Gasteiger partial charge on any atom is -0.387 e. The maximum Gasteiger partial charge on any atom is 0.140 e. The summed E-state index contributed by atoms with van der Waals surface area (Å²) in [5.41, 5.74) is 4.52. The van der Waals surface area contributed by atoms with Gasteiger partial charge in [0.15, 0.2) is 0 Å². The van der Waals surface area contributed by atoms with Gasteiger partial charge in [0.2, 0.25) is 0 Å². The summed E-state index contributed by atoms with van der Waals surface area (Å²) >= 11 is 0. The van der Waals surface area contributed by atoms with Crippen molar-refractivity contribution in [1.29, 1.82) is 0 Å². The number of aliphatic hydroxyl groups excluding tert-OH is 1. The fourth-order valence-electron chi connectivity index (χ4n) is 3.46. The van der Waals surface area contributed by atoms with Crippen LogP contribution in [0.3, 0.4) is 0 Å². The van der Waals surface area contributed by atoms with Crippen LogP contribution in [0.1, 0.15) is 22.9 Å². The van der Waals surface area contributed by atoms with E-state index in [1.165, 1.54) is 16.6 Å². The number of pyridine rings is 2. The maximum atomic E-state index is 10.6. The molecule has 1 unspecified atom stereocenters. The Morgan fingerprint density at radius 2 is 2.04 bits per heavy atom. The summed E-state index contributed by atoms with van der Waals surface area (Å²) in [6.45, 7) is 2.50. The molecule has 0 amide bonds. The molecule has 1 N–H and O–H groups in total. The van der Waals surface area contributed by atoms with Crippen molar-refractivity contribution in [2.24, 2.45) is 0 Å². The molecule has 0 bridgehead atoms. The molecule has 3 aromatic rings. The molecule has 0 radical (unpaired) electrons. The predicted octanol–water partition coefficient (Wildman–Crippen LogP) is 2.15. The Balaban J connectivity index is 1.78. The predicted molar refractivity (Wildman–Crippen MR) is 89.0 cm³/mol. The number of rotatable bonds is 3. The van der Waals surface area contributed by atoms with Crippen molar-refractivity contribution in [3.63, 3.8) is 0 Å². The normalized spacial score (nSPS) is 16.4. The third-order valence-corrected chi connectivity index (χ3v) is 4.65. The SMILES string of the molecule is CN1CCc2c(c3cccnc3n2CC(O)c2ccncc2)C1. The average molecular weight is 308 g/mol. The number of aliphatic hydroxyl groups is 1. The number of hydrogen-bond acceptors (Lipinski definition) is 4. The number of aromatic nitrogens is 3. The molecule has 4 heterocycles. The fraction of sp³-hybridized carbons (Fsp3) is 0.333. The minimum absolute atomic E-state index is 0.524. The van der Waals surface area contributed by atoms with E-state index in [1.54, 1.807) is 12.4 Å².